The monoisotopic (exact) mass is 201 g/mol. The van der Waals surface area contributed by atoms with Gasteiger partial charge in [0.15, 0.2) is 0 Å². The molecule has 1 atom stereocenters. The fourth-order valence-electron chi connectivity index (χ4n) is 0.911. The summed E-state index contributed by atoms with van der Waals surface area (Å²) in [6.07, 6.45) is 0.450. The van der Waals surface area contributed by atoms with Crippen LogP contribution in [0, 0.1) is 0 Å². The van der Waals surface area contributed by atoms with Crippen LogP contribution in [0.25, 0.3) is 0 Å². The van der Waals surface area contributed by atoms with Gasteiger partial charge in [0.25, 0.3) is 10.0 Å². The summed E-state index contributed by atoms with van der Waals surface area (Å²) in [5.74, 6) is -3.36. The van der Waals surface area contributed by atoms with Crippen molar-refractivity contribution in [2.45, 2.75) is 18.2 Å². The highest BCUT2D eigenvalue weighted by Gasteiger charge is 2.28. The van der Waals surface area contributed by atoms with Crippen molar-refractivity contribution in [3.05, 3.63) is 0 Å². The summed E-state index contributed by atoms with van der Waals surface area (Å²) in [5.41, 5.74) is 0. The summed E-state index contributed by atoms with van der Waals surface area (Å²) in [6, 6.07) is -0.496. The predicted molar refractivity (Wildman–Crippen MR) is 37.3 cm³/mol. The van der Waals surface area contributed by atoms with E-state index in [0.717, 1.165) is 0 Å². The first-order valence-electron chi connectivity index (χ1n) is 3.39. The largest absolute Gasteiger partial charge is 0.380 e. The molecule has 1 rings (SSSR count). The first-order valence-corrected chi connectivity index (χ1v) is 4.94. The van der Waals surface area contributed by atoms with Gasteiger partial charge in [-0.2, -0.15) is 8.78 Å². The number of nitrogens with one attached hydrogen (secondary N) is 1. The highest BCUT2D eigenvalue weighted by molar-refractivity contribution is 7.89. The minimum absolute atomic E-state index is 0.173. The van der Waals surface area contributed by atoms with Crippen LogP contribution in [-0.2, 0) is 14.8 Å². The lowest BCUT2D eigenvalue weighted by Gasteiger charge is -2.09. The normalized spacial score (nSPS) is 25.1. The Labute approximate surface area is 68.9 Å². The third kappa shape index (κ3) is 2.36. The van der Waals surface area contributed by atoms with E-state index in [0.29, 0.717) is 13.0 Å². The molecule has 1 aliphatic rings. The summed E-state index contributed by atoms with van der Waals surface area (Å²) < 4.78 is 51.4. The molecule has 72 valence electrons. The van der Waals surface area contributed by atoms with Gasteiger partial charge >= 0.3 is 5.76 Å². The molecule has 1 unspecified atom stereocenters. The third-order valence-electron chi connectivity index (χ3n) is 1.50. The maximum absolute atomic E-state index is 11.8. The van der Waals surface area contributed by atoms with Crippen LogP contribution >= 0.6 is 0 Å². The maximum atomic E-state index is 11.8. The van der Waals surface area contributed by atoms with Crippen LogP contribution < -0.4 is 4.72 Å². The van der Waals surface area contributed by atoms with Gasteiger partial charge in [0.1, 0.15) is 0 Å². The van der Waals surface area contributed by atoms with E-state index in [1.165, 1.54) is 0 Å². The molecular weight excluding hydrogens is 192 g/mol. The van der Waals surface area contributed by atoms with Crippen molar-refractivity contribution in [1.82, 2.24) is 4.72 Å². The van der Waals surface area contributed by atoms with E-state index in [1.807, 2.05) is 4.72 Å². The van der Waals surface area contributed by atoms with E-state index in [1.54, 1.807) is 0 Å². The van der Waals surface area contributed by atoms with Crippen LogP contribution in [0.5, 0.6) is 0 Å². The zero-order valence-electron chi connectivity index (χ0n) is 6.16. The van der Waals surface area contributed by atoms with Gasteiger partial charge in [-0.05, 0) is 6.42 Å². The van der Waals surface area contributed by atoms with Crippen LogP contribution in [0.15, 0.2) is 0 Å². The predicted octanol–water partition coefficient (Wildman–Crippen LogP) is -0.0827. The Morgan fingerprint density at radius 2 is 2.17 bits per heavy atom. The molecule has 0 saturated carbocycles. The number of halogens is 2. The number of alkyl halides is 2. The molecule has 4 nitrogen and oxygen atoms in total. The number of sulfonamides is 1. The van der Waals surface area contributed by atoms with Gasteiger partial charge < -0.3 is 4.74 Å². The van der Waals surface area contributed by atoms with Gasteiger partial charge in [0, 0.05) is 12.6 Å². The molecule has 0 amide bonds. The lowest BCUT2D eigenvalue weighted by atomic mass is 10.3. The summed E-state index contributed by atoms with van der Waals surface area (Å²) >= 11 is 0. The van der Waals surface area contributed by atoms with E-state index < -0.39 is 21.8 Å². The molecule has 1 saturated heterocycles. The molecule has 0 bridgehead atoms. The van der Waals surface area contributed by atoms with Gasteiger partial charge in [-0.1, -0.05) is 0 Å². The Balaban J connectivity index is 2.49. The van der Waals surface area contributed by atoms with Crippen LogP contribution in [0.1, 0.15) is 6.42 Å². The molecule has 0 aromatic carbocycles. The fraction of sp³-hybridized carbons (Fsp3) is 1.00. The van der Waals surface area contributed by atoms with E-state index >= 15 is 0 Å². The second-order valence-electron chi connectivity index (χ2n) is 2.48. The summed E-state index contributed by atoms with van der Waals surface area (Å²) in [5, 5.41) is 0. The van der Waals surface area contributed by atoms with Gasteiger partial charge in [0.2, 0.25) is 0 Å². The fourth-order valence-corrected chi connectivity index (χ4v) is 1.66. The Bertz CT molecular complexity index is 235. The lowest BCUT2D eigenvalue weighted by molar-refractivity contribution is 0.191. The topological polar surface area (TPSA) is 55.4 Å². The quantitative estimate of drug-likeness (QED) is 0.694. The van der Waals surface area contributed by atoms with Crippen LogP contribution in [0.3, 0.4) is 0 Å². The Kier molecular flexibility index (Phi) is 2.97. The van der Waals surface area contributed by atoms with E-state index in [4.69, 9.17) is 4.74 Å². The lowest BCUT2D eigenvalue weighted by Crippen LogP contribution is -2.38. The molecule has 0 aromatic heterocycles. The average Bonchev–Trinajstić information content (AvgIpc) is 2.38. The van der Waals surface area contributed by atoms with Gasteiger partial charge in [-0.3, -0.25) is 0 Å². The SMILES string of the molecule is O=S(=O)(NC1CCOC1)C(F)F. The molecule has 0 aliphatic carbocycles. The minimum Gasteiger partial charge on any atom is -0.380 e. The molecule has 0 radical (unpaired) electrons. The van der Waals surface area contributed by atoms with E-state index in [9.17, 15) is 17.2 Å². The molecule has 12 heavy (non-hydrogen) atoms. The summed E-state index contributed by atoms with van der Waals surface area (Å²) in [4.78, 5) is 0. The third-order valence-corrected chi connectivity index (χ3v) is 2.63. The molecule has 0 spiro atoms. The first kappa shape index (κ1) is 9.82. The highest BCUT2D eigenvalue weighted by Crippen LogP contribution is 2.08. The first-order chi connectivity index (χ1) is 5.52. The van der Waals surface area contributed by atoms with Crippen molar-refractivity contribution in [3.63, 3.8) is 0 Å². The highest BCUT2D eigenvalue weighted by atomic mass is 32.2. The Hall–Kier alpha value is -0.270. The summed E-state index contributed by atoms with van der Waals surface area (Å²) in [6.45, 7) is 0.586. The van der Waals surface area contributed by atoms with E-state index in [2.05, 4.69) is 0 Å². The van der Waals surface area contributed by atoms with Crippen molar-refractivity contribution in [2.75, 3.05) is 13.2 Å². The van der Waals surface area contributed by atoms with Gasteiger partial charge in [-0.15, -0.1) is 0 Å². The van der Waals surface area contributed by atoms with Crippen molar-refractivity contribution >= 4 is 10.0 Å². The molecule has 1 fully saturated rings. The van der Waals surface area contributed by atoms with Crippen LogP contribution in [-0.4, -0.2) is 33.4 Å². The second-order valence-corrected chi connectivity index (χ2v) is 4.17. The van der Waals surface area contributed by atoms with Crippen molar-refractivity contribution in [2.24, 2.45) is 0 Å². The van der Waals surface area contributed by atoms with Crippen molar-refractivity contribution in [1.29, 1.82) is 0 Å². The van der Waals surface area contributed by atoms with Crippen LogP contribution in [0.4, 0.5) is 8.78 Å². The van der Waals surface area contributed by atoms with Gasteiger partial charge in [0.05, 0.1) is 6.61 Å². The molecule has 1 N–H and O–H groups in total. The van der Waals surface area contributed by atoms with E-state index in [-0.39, 0.29) is 6.61 Å². The van der Waals surface area contributed by atoms with Crippen molar-refractivity contribution in [3.8, 4) is 0 Å². The standard InChI is InChI=1S/C5H9F2NO3S/c6-5(7)12(9,10)8-4-1-2-11-3-4/h4-5,8H,1-3H2. The zero-order valence-corrected chi connectivity index (χ0v) is 6.98. The minimum atomic E-state index is -4.44. The number of hydrogen-bond donors (Lipinski definition) is 1. The molecule has 1 heterocycles. The Morgan fingerprint density at radius 3 is 2.58 bits per heavy atom. The molecular formula is C5H9F2NO3S. The number of rotatable bonds is 3. The number of hydrogen-bond acceptors (Lipinski definition) is 3. The zero-order chi connectivity index (χ0) is 9.19. The molecule has 0 aromatic rings. The second kappa shape index (κ2) is 3.63. The maximum Gasteiger partial charge on any atom is 0.350 e. The Morgan fingerprint density at radius 1 is 1.50 bits per heavy atom. The van der Waals surface area contributed by atoms with Gasteiger partial charge in [-0.25, -0.2) is 13.1 Å². The van der Waals surface area contributed by atoms with Crippen LogP contribution in [0.2, 0.25) is 0 Å². The molecule has 7 heteroatoms. The number of ether oxygens (including phenoxy) is 1. The smallest absolute Gasteiger partial charge is 0.350 e. The average molecular weight is 201 g/mol. The molecule has 1 aliphatic heterocycles. The summed E-state index contributed by atoms with van der Waals surface area (Å²) in [7, 11) is -4.44. The van der Waals surface area contributed by atoms with Crippen molar-refractivity contribution < 1.29 is 21.9 Å².